The Labute approximate surface area is 209 Å². The SMILES string of the molecule is Cc1cccc(NC(=O)C(=O)Nn2c(C(=O)Nc3cc(Cl)cc(Cl)c3)cc3cc(Cl)ccc32)c1. The lowest BCUT2D eigenvalue weighted by Crippen LogP contribution is -2.36. The van der Waals surface area contributed by atoms with Gasteiger partial charge in [-0.25, -0.2) is 4.68 Å². The molecule has 3 aromatic carbocycles. The Hall–Kier alpha value is -3.52. The molecule has 10 heteroatoms. The molecule has 0 aliphatic carbocycles. The van der Waals surface area contributed by atoms with Gasteiger partial charge in [0.05, 0.1) is 5.52 Å². The van der Waals surface area contributed by atoms with Crippen LogP contribution in [0.3, 0.4) is 0 Å². The van der Waals surface area contributed by atoms with Gasteiger partial charge in [-0.15, -0.1) is 0 Å². The lowest BCUT2D eigenvalue weighted by Gasteiger charge is -2.13. The fourth-order valence-corrected chi connectivity index (χ4v) is 4.06. The number of nitrogens with zero attached hydrogens (tertiary/aromatic N) is 1. The summed E-state index contributed by atoms with van der Waals surface area (Å²) < 4.78 is 1.23. The monoisotopic (exact) mass is 514 g/mol. The van der Waals surface area contributed by atoms with E-state index in [1.165, 1.54) is 22.9 Å². The summed E-state index contributed by atoms with van der Waals surface area (Å²) in [5.41, 5.74) is 4.77. The predicted octanol–water partition coefficient (Wildman–Crippen LogP) is 5.87. The highest BCUT2D eigenvalue weighted by atomic mass is 35.5. The second kappa shape index (κ2) is 9.77. The number of aryl methyl sites for hydroxylation is 1. The largest absolute Gasteiger partial charge is 0.328 e. The van der Waals surface area contributed by atoms with E-state index in [1.54, 1.807) is 42.5 Å². The van der Waals surface area contributed by atoms with Crippen LogP contribution in [-0.4, -0.2) is 22.4 Å². The van der Waals surface area contributed by atoms with Gasteiger partial charge in [0.1, 0.15) is 5.69 Å². The number of carbonyl (C=O) groups is 3. The van der Waals surface area contributed by atoms with Crippen LogP contribution in [-0.2, 0) is 9.59 Å². The number of nitrogens with one attached hydrogen (secondary N) is 3. The van der Waals surface area contributed by atoms with Crippen molar-refractivity contribution < 1.29 is 14.4 Å². The van der Waals surface area contributed by atoms with E-state index in [-0.39, 0.29) is 5.69 Å². The Kier molecular flexibility index (Phi) is 6.79. The molecule has 0 fully saturated rings. The Bertz CT molecular complexity index is 1430. The number of hydrogen-bond donors (Lipinski definition) is 3. The predicted molar refractivity (Wildman–Crippen MR) is 136 cm³/mol. The minimum Gasteiger partial charge on any atom is -0.321 e. The molecule has 34 heavy (non-hydrogen) atoms. The van der Waals surface area contributed by atoms with Crippen molar-refractivity contribution in [3.63, 3.8) is 0 Å². The summed E-state index contributed by atoms with van der Waals surface area (Å²) in [7, 11) is 0. The molecule has 0 radical (unpaired) electrons. The molecule has 3 N–H and O–H groups in total. The minimum absolute atomic E-state index is 0.0603. The smallest absolute Gasteiger partial charge is 0.321 e. The molecule has 0 atom stereocenters. The topological polar surface area (TPSA) is 92.2 Å². The standard InChI is InChI=1S/C24H17Cl3N4O3/c1-13-3-2-4-18(7-13)28-23(33)24(34)30-31-20-6-5-15(25)8-14(20)9-21(31)22(32)29-19-11-16(26)10-17(27)12-19/h2-12H,1H3,(H,28,33)(H,29,32)(H,30,34). The minimum atomic E-state index is -0.964. The molecule has 172 valence electrons. The van der Waals surface area contributed by atoms with Gasteiger partial charge in [0, 0.05) is 31.8 Å². The van der Waals surface area contributed by atoms with Crippen LogP contribution >= 0.6 is 34.8 Å². The average Bonchev–Trinajstić information content (AvgIpc) is 3.10. The summed E-state index contributed by atoms with van der Waals surface area (Å²) in [5, 5.41) is 6.95. The van der Waals surface area contributed by atoms with Crippen LogP contribution in [0.15, 0.2) is 66.7 Å². The fraction of sp³-hybridized carbons (Fsp3) is 0.0417. The zero-order valence-corrected chi connectivity index (χ0v) is 19.9. The molecule has 1 heterocycles. The van der Waals surface area contributed by atoms with Crippen LogP contribution in [0, 0.1) is 6.92 Å². The zero-order chi connectivity index (χ0) is 24.4. The Morgan fingerprint density at radius 1 is 0.735 bits per heavy atom. The van der Waals surface area contributed by atoms with E-state index in [1.807, 2.05) is 13.0 Å². The highest BCUT2D eigenvalue weighted by molar-refractivity contribution is 6.42. The van der Waals surface area contributed by atoms with Crippen molar-refractivity contribution in [3.8, 4) is 0 Å². The zero-order valence-electron chi connectivity index (χ0n) is 17.7. The highest BCUT2D eigenvalue weighted by Gasteiger charge is 2.21. The summed E-state index contributed by atoms with van der Waals surface area (Å²) in [6.45, 7) is 1.87. The highest BCUT2D eigenvalue weighted by Crippen LogP contribution is 2.26. The fourth-order valence-electron chi connectivity index (χ4n) is 3.36. The van der Waals surface area contributed by atoms with Gasteiger partial charge in [0.2, 0.25) is 0 Å². The van der Waals surface area contributed by atoms with Gasteiger partial charge in [0.25, 0.3) is 5.91 Å². The number of benzene rings is 3. The Morgan fingerprint density at radius 3 is 2.18 bits per heavy atom. The molecule has 0 saturated carbocycles. The average molecular weight is 516 g/mol. The molecule has 1 aromatic heterocycles. The molecular formula is C24H17Cl3N4O3. The first kappa shape index (κ1) is 23.6. The van der Waals surface area contributed by atoms with E-state index in [9.17, 15) is 14.4 Å². The van der Waals surface area contributed by atoms with Crippen molar-refractivity contribution in [3.05, 3.63) is 93.1 Å². The molecule has 4 rings (SSSR count). The Morgan fingerprint density at radius 2 is 1.47 bits per heavy atom. The van der Waals surface area contributed by atoms with Gasteiger partial charge in [-0.05, 0) is 67.1 Å². The van der Waals surface area contributed by atoms with Crippen molar-refractivity contribution in [2.45, 2.75) is 6.92 Å². The summed E-state index contributed by atoms with van der Waals surface area (Å²) >= 11 is 18.1. The van der Waals surface area contributed by atoms with Gasteiger partial charge >= 0.3 is 11.8 Å². The maximum Gasteiger partial charge on any atom is 0.328 e. The van der Waals surface area contributed by atoms with E-state index in [2.05, 4.69) is 16.1 Å². The molecule has 0 aliphatic rings. The van der Waals surface area contributed by atoms with Gasteiger partial charge in [-0.2, -0.15) is 0 Å². The Balaban J connectivity index is 1.64. The van der Waals surface area contributed by atoms with Crippen molar-refractivity contribution in [1.29, 1.82) is 0 Å². The number of hydrogen-bond acceptors (Lipinski definition) is 3. The number of rotatable bonds is 4. The van der Waals surface area contributed by atoms with Crippen LogP contribution in [0.25, 0.3) is 10.9 Å². The number of anilines is 2. The lowest BCUT2D eigenvalue weighted by molar-refractivity contribution is -0.133. The second-order valence-corrected chi connectivity index (χ2v) is 8.75. The first-order chi connectivity index (χ1) is 16.2. The number of amides is 3. The van der Waals surface area contributed by atoms with Crippen molar-refractivity contribution >= 4 is 74.8 Å². The van der Waals surface area contributed by atoms with E-state index in [4.69, 9.17) is 34.8 Å². The van der Waals surface area contributed by atoms with Gasteiger partial charge in [-0.1, -0.05) is 46.9 Å². The van der Waals surface area contributed by atoms with Crippen LogP contribution in [0.4, 0.5) is 11.4 Å². The maximum atomic E-state index is 13.1. The van der Waals surface area contributed by atoms with Crippen molar-refractivity contribution in [1.82, 2.24) is 4.68 Å². The third-order valence-electron chi connectivity index (χ3n) is 4.81. The molecule has 0 bridgehead atoms. The number of fused-ring (bicyclic) bond motifs is 1. The van der Waals surface area contributed by atoms with E-state index in [0.717, 1.165) is 5.56 Å². The number of carbonyl (C=O) groups excluding carboxylic acids is 3. The summed E-state index contributed by atoms with van der Waals surface area (Å²) in [6, 6.07) is 18.0. The molecule has 0 saturated heterocycles. The summed E-state index contributed by atoms with van der Waals surface area (Å²) in [6.07, 6.45) is 0. The first-order valence-corrected chi connectivity index (χ1v) is 11.1. The quantitative estimate of drug-likeness (QED) is 0.297. The van der Waals surface area contributed by atoms with Crippen LogP contribution in [0.1, 0.15) is 16.1 Å². The van der Waals surface area contributed by atoms with E-state index >= 15 is 0 Å². The molecule has 7 nitrogen and oxygen atoms in total. The molecule has 4 aromatic rings. The van der Waals surface area contributed by atoms with E-state index < -0.39 is 17.7 Å². The van der Waals surface area contributed by atoms with Gasteiger partial charge in [0.15, 0.2) is 0 Å². The van der Waals surface area contributed by atoms with Crippen LogP contribution in [0.2, 0.25) is 15.1 Å². The second-order valence-electron chi connectivity index (χ2n) is 7.44. The lowest BCUT2D eigenvalue weighted by atomic mass is 10.2. The summed E-state index contributed by atoms with van der Waals surface area (Å²) in [5.74, 6) is -2.42. The first-order valence-electron chi connectivity index (χ1n) is 9.97. The molecule has 3 amide bonds. The van der Waals surface area contributed by atoms with E-state index in [0.29, 0.717) is 37.3 Å². The molecular weight excluding hydrogens is 499 g/mol. The van der Waals surface area contributed by atoms with Crippen LogP contribution < -0.4 is 16.1 Å². The van der Waals surface area contributed by atoms with Crippen LogP contribution in [0.5, 0.6) is 0 Å². The maximum absolute atomic E-state index is 13.1. The third kappa shape index (κ3) is 5.34. The van der Waals surface area contributed by atoms with Crippen molar-refractivity contribution in [2.24, 2.45) is 0 Å². The molecule has 0 unspecified atom stereocenters. The third-order valence-corrected chi connectivity index (χ3v) is 5.48. The van der Waals surface area contributed by atoms with Gasteiger partial charge < -0.3 is 10.6 Å². The summed E-state index contributed by atoms with van der Waals surface area (Å²) in [4.78, 5) is 38.3. The molecule has 0 spiro atoms. The van der Waals surface area contributed by atoms with Crippen molar-refractivity contribution in [2.75, 3.05) is 16.1 Å². The van der Waals surface area contributed by atoms with Gasteiger partial charge in [-0.3, -0.25) is 19.8 Å². The molecule has 0 aliphatic heterocycles. The normalized spacial score (nSPS) is 10.7. The number of halogens is 3. The number of aromatic nitrogens is 1.